The molecule has 0 aromatic rings. The van der Waals surface area contributed by atoms with E-state index in [1.165, 1.54) is 13.8 Å². The number of hydrogen-bond donors (Lipinski definition) is 0. The molecule has 1 aliphatic carbocycles. The second-order valence-corrected chi connectivity index (χ2v) is 5.45. The van der Waals surface area contributed by atoms with E-state index >= 15 is 0 Å². The van der Waals surface area contributed by atoms with Crippen LogP contribution in [0.1, 0.15) is 34.1 Å². The number of rotatable bonds is 2. The SMILES string of the molecule is CC(=O)O[C@@H]1[C@H]2OC(C)(C)O[C@H]2C=CC[C@@H]1OC(C)=O. The van der Waals surface area contributed by atoms with E-state index in [2.05, 4.69) is 0 Å². The van der Waals surface area contributed by atoms with Gasteiger partial charge in [0.25, 0.3) is 0 Å². The van der Waals surface area contributed by atoms with Gasteiger partial charge in [-0.15, -0.1) is 0 Å². The fourth-order valence-electron chi connectivity index (χ4n) is 2.58. The average molecular weight is 284 g/mol. The smallest absolute Gasteiger partial charge is 0.303 e. The number of ether oxygens (including phenoxy) is 4. The van der Waals surface area contributed by atoms with Crippen LogP contribution < -0.4 is 0 Å². The Morgan fingerprint density at radius 3 is 2.40 bits per heavy atom. The standard InChI is InChI=1S/C14H20O6/c1-8(15)17-10-6-5-7-11-13(12(10)18-9(2)16)20-14(3,4)19-11/h5,7,10-13H,6H2,1-4H3/t10-,11-,12-,13-/m0/s1. The van der Waals surface area contributed by atoms with E-state index in [1.54, 1.807) is 13.8 Å². The number of carbonyl (C=O) groups is 2. The minimum atomic E-state index is -0.768. The van der Waals surface area contributed by atoms with Crippen LogP contribution in [0.15, 0.2) is 12.2 Å². The summed E-state index contributed by atoms with van der Waals surface area (Å²) in [7, 11) is 0. The molecule has 1 aliphatic heterocycles. The lowest BCUT2D eigenvalue weighted by atomic mass is 10.0. The van der Waals surface area contributed by atoms with Crippen molar-refractivity contribution in [2.75, 3.05) is 0 Å². The molecule has 0 amide bonds. The number of esters is 2. The van der Waals surface area contributed by atoms with Crippen LogP contribution in [0.25, 0.3) is 0 Å². The number of carbonyl (C=O) groups excluding carboxylic acids is 2. The zero-order chi connectivity index (χ0) is 14.9. The molecule has 0 radical (unpaired) electrons. The van der Waals surface area contributed by atoms with Crippen molar-refractivity contribution in [3.63, 3.8) is 0 Å². The van der Waals surface area contributed by atoms with Gasteiger partial charge in [0.2, 0.25) is 0 Å². The molecule has 0 unspecified atom stereocenters. The summed E-state index contributed by atoms with van der Waals surface area (Å²) in [5, 5.41) is 0. The zero-order valence-electron chi connectivity index (χ0n) is 12.1. The van der Waals surface area contributed by atoms with Crippen LogP contribution in [0, 0.1) is 0 Å². The Morgan fingerprint density at radius 2 is 1.80 bits per heavy atom. The van der Waals surface area contributed by atoms with Gasteiger partial charge < -0.3 is 18.9 Å². The molecule has 6 heteroatoms. The lowest BCUT2D eigenvalue weighted by molar-refractivity contribution is -0.188. The van der Waals surface area contributed by atoms with Crippen molar-refractivity contribution in [2.24, 2.45) is 0 Å². The minimum Gasteiger partial charge on any atom is -0.458 e. The largest absolute Gasteiger partial charge is 0.458 e. The monoisotopic (exact) mass is 284 g/mol. The molecular weight excluding hydrogens is 264 g/mol. The van der Waals surface area contributed by atoms with E-state index in [4.69, 9.17) is 18.9 Å². The highest BCUT2D eigenvalue weighted by Crippen LogP contribution is 2.35. The van der Waals surface area contributed by atoms with Crippen molar-refractivity contribution in [1.29, 1.82) is 0 Å². The van der Waals surface area contributed by atoms with E-state index in [0.29, 0.717) is 6.42 Å². The highest BCUT2D eigenvalue weighted by atomic mass is 16.8. The summed E-state index contributed by atoms with van der Waals surface area (Å²) in [6, 6.07) is 0. The van der Waals surface area contributed by atoms with Gasteiger partial charge in [-0.1, -0.05) is 12.2 Å². The van der Waals surface area contributed by atoms with E-state index in [-0.39, 0.29) is 6.10 Å². The Hall–Kier alpha value is -1.40. The Kier molecular flexibility index (Phi) is 4.15. The van der Waals surface area contributed by atoms with Gasteiger partial charge in [0, 0.05) is 20.3 Å². The predicted octanol–water partition coefficient (Wildman–Crippen LogP) is 1.33. The van der Waals surface area contributed by atoms with E-state index in [0.717, 1.165) is 0 Å². The van der Waals surface area contributed by atoms with Gasteiger partial charge in [-0.25, -0.2) is 0 Å². The quantitative estimate of drug-likeness (QED) is 0.563. The molecule has 0 aromatic carbocycles. The van der Waals surface area contributed by atoms with Gasteiger partial charge in [-0.05, 0) is 13.8 Å². The Morgan fingerprint density at radius 1 is 1.15 bits per heavy atom. The van der Waals surface area contributed by atoms with Gasteiger partial charge in [0.15, 0.2) is 11.9 Å². The molecule has 2 aliphatic rings. The molecule has 1 saturated heterocycles. The third kappa shape index (κ3) is 3.37. The molecule has 112 valence electrons. The van der Waals surface area contributed by atoms with Crippen LogP contribution in [0.3, 0.4) is 0 Å². The summed E-state index contributed by atoms with van der Waals surface area (Å²) in [4.78, 5) is 22.5. The van der Waals surface area contributed by atoms with Gasteiger partial charge in [-0.2, -0.15) is 0 Å². The third-order valence-electron chi connectivity index (χ3n) is 3.17. The first kappa shape index (κ1) is 15.0. The second-order valence-electron chi connectivity index (χ2n) is 5.45. The van der Waals surface area contributed by atoms with Crippen molar-refractivity contribution in [3.05, 3.63) is 12.2 Å². The maximum absolute atomic E-state index is 11.3. The summed E-state index contributed by atoms with van der Waals surface area (Å²) >= 11 is 0. The molecule has 0 aromatic heterocycles. The van der Waals surface area contributed by atoms with Gasteiger partial charge in [0.05, 0.1) is 0 Å². The van der Waals surface area contributed by atoms with Gasteiger partial charge in [-0.3, -0.25) is 9.59 Å². The van der Waals surface area contributed by atoms with Gasteiger partial charge in [0.1, 0.15) is 18.3 Å². The Bertz CT molecular complexity index is 427. The van der Waals surface area contributed by atoms with Crippen molar-refractivity contribution >= 4 is 11.9 Å². The number of fused-ring (bicyclic) bond motifs is 1. The molecular formula is C14H20O6. The van der Waals surface area contributed by atoms with Crippen LogP contribution in [0.2, 0.25) is 0 Å². The Labute approximate surface area is 118 Å². The van der Waals surface area contributed by atoms with E-state index in [9.17, 15) is 9.59 Å². The van der Waals surface area contributed by atoms with Crippen molar-refractivity contribution in [1.82, 2.24) is 0 Å². The molecule has 1 fully saturated rings. The topological polar surface area (TPSA) is 71.1 Å². The summed E-state index contributed by atoms with van der Waals surface area (Å²) < 4.78 is 22.2. The molecule has 4 atom stereocenters. The fraction of sp³-hybridized carbons (Fsp3) is 0.714. The summed E-state index contributed by atoms with van der Waals surface area (Å²) in [5.74, 6) is -1.63. The van der Waals surface area contributed by atoms with Crippen molar-refractivity contribution < 1.29 is 28.5 Å². The van der Waals surface area contributed by atoms with Crippen molar-refractivity contribution in [2.45, 2.75) is 64.3 Å². The highest BCUT2D eigenvalue weighted by Gasteiger charge is 2.49. The highest BCUT2D eigenvalue weighted by molar-refractivity contribution is 5.67. The maximum atomic E-state index is 11.3. The van der Waals surface area contributed by atoms with Crippen LogP contribution in [-0.2, 0) is 28.5 Å². The molecule has 0 spiro atoms. The van der Waals surface area contributed by atoms with Crippen LogP contribution in [0.5, 0.6) is 0 Å². The van der Waals surface area contributed by atoms with Crippen molar-refractivity contribution in [3.8, 4) is 0 Å². The minimum absolute atomic E-state index is 0.324. The van der Waals surface area contributed by atoms with Gasteiger partial charge >= 0.3 is 11.9 Å². The lowest BCUT2D eigenvalue weighted by Gasteiger charge is -2.29. The number of hydrogen-bond acceptors (Lipinski definition) is 6. The first-order valence-electron chi connectivity index (χ1n) is 6.65. The average Bonchev–Trinajstić information content (AvgIpc) is 2.52. The fourth-order valence-corrected chi connectivity index (χ4v) is 2.58. The lowest BCUT2D eigenvalue weighted by Crippen LogP contribution is -2.46. The Balaban J connectivity index is 2.25. The summed E-state index contributed by atoms with van der Waals surface area (Å²) in [6.07, 6.45) is 2.11. The van der Waals surface area contributed by atoms with Crippen LogP contribution in [0.4, 0.5) is 0 Å². The molecule has 6 nitrogen and oxygen atoms in total. The normalized spacial score (nSPS) is 35.0. The summed E-state index contributed by atoms with van der Waals surface area (Å²) in [5.41, 5.74) is 0. The van der Waals surface area contributed by atoms with Crippen LogP contribution >= 0.6 is 0 Å². The molecule has 20 heavy (non-hydrogen) atoms. The zero-order valence-corrected chi connectivity index (χ0v) is 12.1. The summed E-state index contributed by atoms with van der Waals surface area (Å²) in [6.45, 7) is 6.23. The molecule has 2 rings (SSSR count). The third-order valence-corrected chi connectivity index (χ3v) is 3.17. The second kappa shape index (κ2) is 5.54. The molecule has 1 heterocycles. The first-order chi connectivity index (χ1) is 9.28. The molecule has 0 bridgehead atoms. The van der Waals surface area contributed by atoms with Crippen LogP contribution in [-0.4, -0.2) is 42.1 Å². The molecule has 0 saturated carbocycles. The predicted molar refractivity (Wildman–Crippen MR) is 68.7 cm³/mol. The van der Waals surface area contributed by atoms with E-state index < -0.39 is 36.0 Å². The maximum Gasteiger partial charge on any atom is 0.303 e. The molecule has 0 N–H and O–H groups in total. The van der Waals surface area contributed by atoms with E-state index in [1.807, 2.05) is 12.2 Å². The first-order valence-corrected chi connectivity index (χ1v) is 6.65.